The molecule has 58 heavy (non-hydrogen) atoms. The van der Waals surface area contributed by atoms with Crippen molar-refractivity contribution in [3.63, 3.8) is 0 Å². The molecule has 0 amide bonds. The second-order valence-corrected chi connectivity index (χ2v) is 14.3. The summed E-state index contributed by atoms with van der Waals surface area (Å²) in [6, 6.07) is 61.6. The van der Waals surface area contributed by atoms with E-state index >= 15 is 0 Å². The first-order chi connectivity index (χ1) is 28.6. The number of benzene rings is 6. The number of hydrogen-bond donors (Lipinski definition) is 0. The lowest BCUT2D eigenvalue weighted by molar-refractivity contribution is -0.576. The first-order valence-corrected chi connectivity index (χ1v) is 20.0. The number of pyridine rings is 3. The number of carbonyl (C=O) groups is 2. The first-order valence-electron chi connectivity index (χ1n) is 20.0. The summed E-state index contributed by atoms with van der Waals surface area (Å²) < 4.78 is 6.63. The lowest BCUT2D eigenvalue weighted by Gasteiger charge is -2.08. The fourth-order valence-electron chi connectivity index (χ4n) is 7.36. The van der Waals surface area contributed by atoms with Crippen molar-refractivity contribution in [2.24, 2.45) is 0 Å². The molecule has 0 fully saturated rings. The Morgan fingerprint density at radius 1 is 0.466 bits per heavy atom. The molecule has 0 N–H and O–H groups in total. The number of nitrogens with zero attached hydrogens (tertiary/aromatic N) is 3. The van der Waals surface area contributed by atoms with Crippen LogP contribution in [0.3, 0.4) is 0 Å². The fourth-order valence-corrected chi connectivity index (χ4v) is 7.36. The molecule has 0 atom stereocenters. The Balaban J connectivity index is 0.000000133. The van der Waals surface area contributed by atoms with Crippen molar-refractivity contribution >= 4 is 45.3 Å². The van der Waals surface area contributed by atoms with E-state index in [2.05, 4.69) is 100 Å². The third-order valence-electron chi connectivity index (χ3n) is 10.3. The van der Waals surface area contributed by atoms with E-state index in [0.29, 0.717) is 11.1 Å². The van der Waals surface area contributed by atoms with Crippen LogP contribution in [0.2, 0.25) is 0 Å². The summed E-state index contributed by atoms with van der Waals surface area (Å²) >= 11 is 0. The smallest absolute Gasteiger partial charge is 0.219 e. The Bertz CT molecular complexity index is 2790. The molecule has 0 bridgehead atoms. The van der Waals surface area contributed by atoms with E-state index in [1.54, 1.807) is 0 Å². The van der Waals surface area contributed by atoms with Gasteiger partial charge in [-0.2, -0.15) is 13.7 Å². The Morgan fingerprint density at radius 3 is 1.69 bits per heavy atom. The fraction of sp³-hybridized carbons (Fsp3) is 0.113. The number of aromatic nitrogens is 3. The van der Waals surface area contributed by atoms with E-state index in [4.69, 9.17) is 0 Å². The summed E-state index contributed by atoms with van der Waals surface area (Å²) in [4.78, 5) is 21.7. The van der Waals surface area contributed by atoms with Crippen molar-refractivity contribution in [1.82, 2.24) is 0 Å². The highest BCUT2D eigenvalue weighted by molar-refractivity contribution is 5.86. The van der Waals surface area contributed by atoms with E-state index in [9.17, 15) is 9.59 Å². The molecule has 0 saturated carbocycles. The normalized spacial score (nSPS) is 10.7. The molecule has 0 radical (unpaired) electrons. The van der Waals surface area contributed by atoms with Crippen LogP contribution in [0.15, 0.2) is 194 Å². The lowest BCUT2D eigenvalue weighted by Crippen LogP contribution is -2.36. The molecule has 0 unspecified atom stereocenters. The Labute approximate surface area is 340 Å². The number of aldehydes is 2. The van der Waals surface area contributed by atoms with Gasteiger partial charge >= 0.3 is 0 Å². The average molecular weight is 759 g/mol. The lowest BCUT2D eigenvalue weighted by atomic mass is 10.1. The summed E-state index contributed by atoms with van der Waals surface area (Å²) in [6.45, 7) is 4.45. The van der Waals surface area contributed by atoms with Gasteiger partial charge in [0.15, 0.2) is 18.1 Å². The van der Waals surface area contributed by atoms with Crippen molar-refractivity contribution in [3.05, 3.63) is 217 Å². The summed E-state index contributed by atoms with van der Waals surface area (Å²) in [5.74, 6) is 0. The highest BCUT2D eigenvalue weighted by Gasteiger charge is 2.19. The van der Waals surface area contributed by atoms with Gasteiger partial charge in [-0.3, -0.25) is 9.59 Å². The monoisotopic (exact) mass is 758 g/mol. The number of hydrogen-bond acceptors (Lipinski definition) is 2. The van der Waals surface area contributed by atoms with Gasteiger partial charge in [-0.1, -0.05) is 92.6 Å². The van der Waals surface area contributed by atoms with Crippen molar-refractivity contribution in [2.75, 3.05) is 0 Å². The van der Waals surface area contributed by atoms with E-state index in [1.807, 2.05) is 122 Å². The third-order valence-corrected chi connectivity index (χ3v) is 10.3. The topological polar surface area (TPSA) is 45.8 Å². The zero-order chi connectivity index (χ0) is 40.1. The van der Waals surface area contributed by atoms with Crippen LogP contribution in [-0.2, 0) is 6.42 Å². The van der Waals surface area contributed by atoms with Crippen molar-refractivity contribution < 1.29 is 23.3 Å². The van der Waals surface area contributed by atoms with Crippen molar-refractivity contribution in [2.45, 2.75) is 39.5 Å². The number of unbranched alkanes of at least 4 members (excludes halogenated alkanes) is 2. The summed E-state index contributed by atoms with van der Waals surface area (Å²) in [6.07, 6.45) is 10.7. The van der Waals surface area contributed by atoms with E-state index in [0.717, 1.165) is 52.2 Å². The summed E-state index contributed by atoms with van der Waals surface area (Å²) in [7, 11) is 0. The standard InChI is InChI=1S/C21H24N.2C16H12NO/c1-3-4-6-11-19-15-16-20-17(2)10-9-14-21(20)22(19)18-12-7-5-8-13-18;18-12-13-8-9-16-14(11-13)5-4-10-17(16)15-6-2-1-3-7-15;18-12-13-8-9-14-5-4-10-17(16(14)11-13)15-6-2-1-3-7-15/h5,7-10,12-16H,3-4,6,11H2,1-2H3;2*1-12H/q3*+1. The molecule has 3 heterocycles. The third kappa shape index (κ3) is 9.12. The van der Waals surface area contributed by atoms with E-state index in [-0.39, 0.29) is 0 Å². The minimum absolute atomic E-state index is 0.693. The maximum Gasteiger partial charge on any atom is 0.219 e. The molecule has 9 rings (SSSR count). The molecule has 9 aromatic rings. The SMILES string of the molecule is CCCCCc1ccc2c(C)cccc2[n+]1-c1ccccc1.O=Cc1ccc2c(ccc[n+]2-c2ccccc2)c1.O=Cc1ccc2ccc[n+](-c3ccccc3)c2c1. The Hall–Kier alpha value is -7.11. The minimum Gasteiger partial charge on any atom is -0.298 e. The maximum atomic E-state index is 10.9. The first kappa shape index (κ1) is 39.1. The van der Waals surface area contributed by atoms with Gasteiger partial charge in [-0.25, -0.2) is 0 Å². The number of fused-ring (bicyclic) bond motifs is 3. The van der Waals surface area contributed by atoms with Crippen LogP contribution in [0.1, 0.15) is 58.2 Å². The molecule has 0 saturated heterocycles. The second kappa shape index (κ2) is 19.2. The van der Waals surface area contributed by atoms with E-state index in [1.165, 1.54) is 47.1 Å². The molecule has 0 aliphatic carbocycles. The van der Waals surface area contributed by atoms with Gasteiger partial charge < -0.3 is 0 Å². The van der Waals surface area contributed by atoms with Gasteiger partial charge in [0, 0.05) is 107 Å². The maximum absolute atomic E-state index is 10.9. The average Bonchev–Trinajstić information content (AvgIpc) is 3.29. The van der Waals surface area contributed by atoms with E-state index < -0.39 is 0 Å². The highest BCUT2D eigenvalue weighted by atomic mass is 16.1. The van der Waals surface area contributed by atoms with Crippen LogP contribution in [-0.4, -0.2) is 12.6 Å². The minimum atomic E-state index is 0.693. The number of aryl methyl sites for hydroxylation is 2. The zero-order valence-corrected chi connectivity index (χ0v) is 33.1. The molecule has 0 spiro atoms. The molecule has 5 heteroatoms. The molecular weight excluding hydrogens is 711 g/mol. The molecule has 3 aromatic heterocycles. The second-order valence-electron chi connectivity index (χ2n) is 14.3. The molecular formula is C53H48N3O2+3. The highest BCUT2D eigenvalue weighted by Crippen LogP contribution is 2.19. The van der Waals surface area contributed by atoms with Crippen LogP contribution in [0.4, 0.5) is 0 Å². The molecule has 6 aromatic carbocycles. The Kier molecular flexibility index (Phi) is 12.9. The van der Waals surface area contributed by atoms with Gasteiger partial charge in [-0.15, -0.1) is 0 Å². The van der Waals surface area contributed by atoms with Gasteiger partial charge in [0.05, 0.1) is 0 Å². The molecule has 0 aliphatic rings. The van der Waals surface area contributed by atoms with Crippen molar-refractivity contribution in [1.29, 1.82) is 0 Å². The van der Waals surface area contributed by atoms with Crippen LogP contribution < -0.4 is 13.7 Å². The van der Waals surface area contributed by atoms with Crippen LogP contribution in [0.5, 0.6) is 0 Å². The van der Waals surface area contributed by atoms with Gasteiger partial charge in [0.1, 0.15) is 12.6 Å². The van der Waals surface area contributed by atoms with Crippen LogP contribution in [0.25, 0.3) is 49.8 Å². The predicted octanol–water partition coefficient (Wildman–Crippen LogP) is 11.0. The number of rotatable bonds is 9. The predicted molar refractivity (Wildman–Crippen MR) is 235 cm³/mol. The van der Waals surface area contributed by atoms with Gasteiger partial charge in [0.25, 0.3) is 0 Å². The van der Waals surface area contributed by atoms with Crippen molar-refractivity contribution in [3.8, 4) is 17.1 Å². The van der Waals surface area contributed by atoms with Gasteiger partial charge in [-0.05, 0) is 55.3 Å². The number of carbonyl (C=O) groups excluding carboxylic acids is 2. The molecule has 284 valence electrons. The summed E-state index contributed by atoms with van der Waals surface area (Å²) in [5.41, 5.74) is 11.0. The number of para-hydroxylation sites is 3. The van der Waals surface area contributed by atoms with Crippen LogP contribution >= 0.6 is 0 Å². The largest absolute Gasteiger partial charge is 0.298 e. The van der Waals surface area contributed by atoms with Crippen LogP contribution in [0, 0.1) is 6.92 Å². The molecule has 0 aliphatic heterocycles. The summed E-state index contributed by atoms with van der Waals surface area (Å²) in [5, 5.41) is 3.52. The quantitative estimate of drug-likeness (QED) is 0.0836. The Morgan fingerprint density at radius 2 is 1.05 bits per heavy atom. The van der Waals surface area contributed by atoms with Gasteiger partial charge in [0.2, 0.25) is 33.6 Å². The zero-order valence-electron chi connectivity index (χ0n) is 33.1. The molecule has 5 nitrogen and oxygen atoms in total.